The summed E-state index contributed by atoms with van der Waals surface area (Å²) in [7, 11) is 0. The molecule has 92 valence electrons. The molecular weight excluding hydrogens is 192 g/mol. The van der Waals surface area contributed by atoms with Gasteiger partial charge in [-0.2, -0.15) is 0 Å². The summed E-state index contributed by atoms with van der Waals surface area (Å²) in [6.07, 6.45) is 17.1. The van der Waals surface area contributed by atoms with Crippen LogP contribution in [0.15, 0.2) is 37.0 Å². The second-order valence-corrected chi connectivity index (χ2v) is 4.79. The third kappa shape index (κ3) is 9.76. The largest absolute Gasteiger partial charge is 0.103 e. The monoisotopic (exact) mass is 220 g/mol. The minimum Gasteiger partial charge on any atom is -0.103 e. The Morgan fingerprint density at radius 1 is 1.00 bits per heavy atom. The maximum Gasteiger partial charge on any atom is -0.0199 e. The second-order valence-electron chi connectivity index (χ2n) is 4.79. The molecule has 0 aliphatic heterocycles. The summed E-state index contributed by atoms with van der Waals surface area (Å²) in [4.78, 5) is 0. The van der Waals surface area contributed by atoms with Crippen LogP contribution in [0.1, 0.15) is 52.9 Å². The van der Waals surface area contributed by atoms with Crippen LogP contribution in [0, 0.1) is 11.8 Å². The summed E-state index contributed by atoms with van der Waals surface area (Å²) in [6.45, 7) is 10.6. The van der Waals surface area contributed by atoms with Crippen LogP contribution >= 0.6 is 0 Å². The van der Waals surface area contributed by atoms with Gasteiger partial charge in [-0.3, -0.25) is 0 Å². The summed E-state index contributed by atoms with van der Waals surface area (Å²) >= 11 is 0. The van der Waals surface area contributed by atoms with Crippen molar-refractivity contribution in [2.45, 2.75) is 52.9 Å². The van der Waals surface area contributed by atoms with Crippen LogP contribution in [-0.4, -0.2) is 0 Å². The first-order valence-electron chi connectivity index (χ1n) is 6.63. The van der Waals surface area contributed by atoms with Crippen molar-refractivity contribution in [3.63, 3.8) is 0 Å². The fourth-order valence-corrected chi connectivity index (χ4v) is 1.57. The Kier molecular flexibility index (Phi) is 10.2. The lowest BCUT2D eigenvalue weighted by molar-refractivity contribution is 0.604. The van der Waals surface area contributed by atoms with Crippen molar-refractivity contribution in [3.8, 4) is 0 Å². The summed E-state index contributed by atoms with van der Waals surface area (Å²) in [5, 5.41) is 0. The Bertz CT molecular complexity index is 208. The zero-order valence-electron chi connectivity index (χ0n) is 11.3. The average Bonchev–Trinajstić information content (AvgIpc) is 2.26. The van der Waals surface area contributed by atoms with E-state index in [4.69, 9.17) is 0 Å². The molecule has 0 aromatic heterocycles. The smallest absolute Gasteiger partial charge is 0.0199 e. The van der Waals surface area contributed by atoms with Gasteiger partial charge in [-0.05, 0) is 43.9 Å². The summed E-state index contributed by atoms with van der Waals surface area (Å²) in [6, 6.07) is 0. The van der Waals surface area contributed by atoms with Gasteiger partial charge in [-0.15, -0.1) is 6.58 Å². The molecule has 0 aliphatic carbocycles. The van der Waals surface area contributed by atoms with Crippen molar-refractivity contribution >= 4 is 0 Å². The molecule has 0 N–H and O–H groups in total. The molecule has 0 heterocycles. The molecule has 16 heavy (non-hydrogen) atoms. The van der Waals surface area contributed by atoms with Crippen LogP contribution in [0.2, 0.25) is 0 Å². The lowest BCUT2D eigenvalue weighted by atomic mass is 9.98. The van der Waals surface area contributed by atoms with Crippen molar-refractivity contribution in [1.82, 2.24) is 0 Å². The van der Waals surface area contributed by atoms with Gasteiger partial charge in [0, 0.05) is 0 Å². The van der Waals surface area contributed by atoms with Crippen molar-refractivity contribution in [2.24, 2.45) is 11.8 Å². The predicted molar refractivity (Wildman–Crippen MR) is 75.6 cm³/mol. The van der Waals surface area contributed by atoms with Crippen LogP contribution < -0.4 is 0 Å². The first kappa shape index (κ1) is 15.2. The van der Waals surface area contributed by atoms with Gasteiger partial charge in [0.25, 0.3) is 0 Å². The quantitative estimate of drug-likeness (QED) is 0.448. The molecule has 0 nitrogen and oxygen atoms in total. The Hall–Kier alpha value is -0.780. The topological polar surface area (TPSA) is 0 Å². The maximum absolute atomic E-state index is 3.91. The van der Waals surface area contributed by atoms with Gasteiger partial charge in [-0.25, -0.2) is 0 Å². The molecular formula is C16H28. The van der Waals surface area contributed by atoms with Gasteiger partial charge < -0.3 is 0 Å². The van der Waals surface area contributed by atoms with Crippen molar-refractivity contribution in [3.05, 3.63) is 37.0 Å². The Morgan fingerprint density at radius 2 is 1.69 bits per heavy atom. The SMILES string of the molecule is C=CC(CC=CCC)CCC=CCC(C)C. The van der Waals surface area contributed by atoms with Gasteiger partial charge >= 0.3 is 0 Å². The lowest BCUT2D eigenvalue weighted by Gasteiger charge is -2.07. The molecule has 0 saturated heterocycles. The van der Waals surface area contributed by atoms with E-state index in [1.54, 1.807) is 0 Å². The van der Waals surface area contributed by atoms with E-state index in [0.717, 1.165) is 18.8 Å². The summed E-state index contributed by atoms with van der Waals surface area (Å²) in [5.74, 6) is 1.42. The van der Waals surface area contributed by atoms with E-state index < -0.39 is 0 Å². The maximum atomic E-state index is 3.91. The molecule has 0 amide bonds. The van der Waals surface area contributed by atoms with Crippen LogP contribution in [0.5, 0.6) is 0 Å². The van der Waals surface area contributed by atoms with Gasteiger partial charge in [0.15, 0.2) is 0 Å². The normalized spacial score (nSPS) is 14.0. The Labute approximate surface area is 102 Å². The highest BCUT2D eigenvalue weighted by atomic mass is 14.0. The van der Waals surface area contributed by atoms with Crippen LogP contribution in [0.25, 0.3) is 0 Å². The number of hydrogen-bond acceptors (Lipinski definition) is 0. The number of rotatable bonds is 9. The van der Waals surface area contributed by atoms with E-state index in [1.165, 1.54) is 19.3 Å². The van der Waals surface area contributed by atoms with E-state index in [2.05, 4.69) is 57.7 Å². The van der Waals surface area contributed by atoms with Crippen LogP contribution in [0.4, 0.5) is 0 Å². The summed E-state index contributed by atoms with van der Waals surface area (Å²) in [5.41, 5.74) is 0. The van der Waals surface area contributed by atoms with E-state index in [1.807, 2.05) is 0 Å². The van der Waals surface area contributed by atoms with E-state index in [0.29, 0.717) is 5.92 Å². The third-order valence-electron chi connectivity index (χ3n) is 2.65. The van der Waals surface area contributed by atoms with Crippen molar-refractivity contribution in [1.29, 1.82) is 0 Å². The van der Waals surface area contributed by atoms with Gasteiger partial charge in [-0.1, -0.05) is 51.2 Å². The molecule has 0 aromatic rings. The highest BCUT2D eigenvalue weighted by Gasteiger charge is 1.99. The third-order valence-corrected chi connectivity index (χ3v) is 2.65. The molecule has 1 atom stereocenters. The molecule has 0 aromatic carbocycles. The van der Waals surface area contributed by atoms with Gasteiger partial charge in [0.2, 0.25) is 0 Å². The van der Waals surface area contributed by atoms with Gasteiger partial charge in [0.05, 0.1) is 0 Å². The minimum absolute atomic E-state index is 0.645. The molecule has 0 aliphatic rings. The molecule has 0 saturated carbocycles. The standard InChI is InChI=1S/C16H28/c1-5-7-9-13-16(6-2)14-11-8-10-12-15(3)4/h6-10,15-16H,2,5,11-14H2,1,3-4H3. The van der Waals surface area contributed by atoms with Crippen LogP contribution in [-0.2, 0) is 0 Å². The minimum atomic E-state index is 0.645. The molecule has 0 bridgehead atoms. The number of allylic oxidation sites excluding steroid dienone is 5. The zero-order valence-corrected chi connectivity index (χ0v) is 11.3. The lowest BCUT2D eigenvalue weighted by Crippen LogP contribution is -1.93. The molecule has 0 spiro atoms. The molecule has 1 unspecified atom stereocenters. The Morgan fingerprint density at radius 3 is 2.25 bits per heavy atom. The molecule has 0 rings (SSSR count). The first-order chi connectivity index (χ1) is 7.70. The van der Waals surface area contributed by atoms with Crippen molar-refractivity contribution < 1.29 is 0 Å². The molecule has 0 fully saturated rings. The van der Waals surface area contributed by atoms with E-state index in [9.17, 15) is 0 Å². The van der Waals surface area contributed by atoms with Crippen LogP contribution in [0.3, 0.4) is 0 Å². The highest BCUT2D eigenvalue weighted by Crippen LogP contribution is 2.14. The molecule has 0 radical (unpaired) electrons. The van der Waals surface area contributed by atoms with Gasteiger partial charge in [0.1, 0.15) is 0 Å². The second kappa shape index (κ2) is 10.7. The summed E-state index contributed by atoms with van der Waals surface area (Å²) < 4.78 is 0. The first-order valence-corrected chi connectivity index (χ1v) is 6.63. The highest BCUT2D eigenvalue weighted by molar-refractivity contribution is 4.91. The average molecular weight is 220 g/mol. The van der Waals surface area contributed by atoms with E-state index >= 15 is 0 Å². The predicted octanol–water partition coefficient (Wildman–Crippen LogP) is 5.53. The fraction of sp³-hybridized carbons (Fsp3) is 0.625. The molecule has 0 heteroatoms. The Balaban J connectivity index is 3.66. The van der Waals surface area contributed by atoms with E-state index in [-0.39, 0.29) is 0 Å². The number of hydrogen-bond donors (Lipinski definition) is 0. The fourth-order valence-electron chi connectivity index (χ4n) is 1.57. The van der Waals surface area contributed by atoms with Crippen molar-refractivity contribution in [2.75, 3.05) is 0 Å². The zero-order chi connectivity index (χ0) is 12.2.